The molecule has 0 aliphatic carbocycles. The number of carbonyl (C=O) groups is 2. The van der Waals surface area contributed by atoms with Crippen molar-refractivity contribution in [3.8, 4) is 5.75 Å². The van der Waals surface area contributed by atoms with E-state index >= 15 is 0 Å². The number of hydroxylamine groups is 1. The second-order valence-corrected chi connectivity index (χ2v) is 7.18. The number of methoxy groups -OCH3 is 1. The summed E-state index contributed by atoms with van der Waals surface area (Å²) in [5.41, 5.74) is 6.94. The second-order valence-electron chi connectivity index (χ2n) is 4.97. The average Bonchev–Trinajstić information content (AvgIpc) is 2.53. The van der Waals surface area contributed by atoms with Crippen molar-refractivity contribution in [3.05, 3.63) is 24.3 Å². The first-order valence-corrected chi connectivity index (χ1v) is 7.90. The molecule has 1 rings (SSSR count). The number of hydrogen-bond acceptors (Lipinski definition) is 7. The van der Waals surface area contributed by atoms with Crippen molar-refractivity contribution in [2.75, 3.05) is 21.2 Å². The van der Waals surface area contributed by atoms with E-state index in [1.807, 2.05) is 0 Å². The first-order valence-electron chi connectivity index (χ1n) is 6.42. The van der Waals surface area contributed by atoms with Crippen molar-refractivity contribution >= 4 is 21.7 Å². The van der Waals surface area contributed by atoms with Crippen LogP contribution in [0.2, 0.25) is 0 Å². The van der Waals surface area contributed by atoms with E-state index in [0.717, 1.165) is 4.90 Å². The maximum atomic E-state index is 12.7. The summed E-state index contributed by atoms with van der Waals surface area (Å²) in [5.74, 6) is -1.68. The number of nitrogens with one attached hydrogen (secondary N) is 1. The van der Waals surface area contributed by atoms with Crippen LogP contribution >= 0.6 is 0 Å². The Bertz CT molecular complexity index is 686. The predicted octanol–water partition coefficient (Wildman–Crippen LogP) is -0.892. The smallest absolute Gasteiger partial charge is 0.280 e. The van der Waals surface area contributed by atoms with Crippen molar-refractivity contribution in [2.24, 2.45) is 5.73 Å². The molecule has 23 heavy (non-hydrogen) atoms. The van der Waals surface area contributed by atoms with Crippen LogP contribution in [0, 0.1) is 0 Å². The molecular weight excluding hydrogens is 326 g/mol. The number of rotatable bonds is 6. The van der Waals surface area contributed by atoms with Gasteiger partial charge in [0, 0.05) is 14.1 Å². The fourth-order valence-electron chi connectivity index (χ4n) is 1.74. The Morgan fingerprint density at radius 1 is 1.30 bits per heavy atom. The number of sulfone groups is 1. The largest absolute Gasteiger partial charge is 0.497 e. The van der Waals surface area contributed by atoms with E-state index in [2.05, 4.69) is 0 Å². The van der Waals surface area contributed by atoms with Crippen LogP contribution < -0.4 is 16.0 Å². The van der Waals surface area contributed by atoms with Gasteiger partial charge in [0.1, 0.15) is 5.75 Å². The molecule has 0 saturated heterocycles. The van der Waals surface area contributed by atoms with Gasteiger partial charge >= 0.3 is 0 Å². The van der Waals surface area contributed by atoms with Crippen molar-refractivity contribution in [1.29, 1.82) is 0 Å². The van der Waals surface area contributed by atoms with Gasteiger partial charge in [0.2, 0.25) is 20.6 Å². The Kier molecular flexibility index (Phi) is 5.70. The average molecular weight is 345 g/mol. The zero-order chi connectivity index (χ0) is 17.8. The second kappa shape index (κ2) is 6.94. The summed E-state index contributed by atoms with van der Waals surface area (Å²) in [4.78, 5) is 21.9. The number of amides is 2. The van der Waals surface area contributed by atoms with Gasteiger partial charge in [0.15, 0.2) is 0 Å². The molecule has 0 aliphatic rings. The Morgan fingerprint density at radius 3 is 2.22 bits per heavy atom. The molecular formula is C13H19N3O6S. The zero-order valence-electron chi connectivity index (χ0n) is 12.9. The number of hydrogen-bond donors (Lipinski definition) is 3. The molecule has 0 radical (unpaired) electrons. The predicted molar refractivity (Wildman–Crippen MR) is 80.3 cm³/mol. The van der Waals surface area contributed by atoms with Gasteiger partial charge in [-0.25, -0.2) is 13.9 Å². The third-order valence-electron chi connectivity index (χ3n) is 3.25. The summed E-state index contributed by atoms with van der Waals surface area (Å²) < 4.78 is 30.3. The van der Waals surface area contributed by atoms with Gasteiger partial charge in [-0.3, -0.25) is 14.8 Å². The standard InChI is InChI=1S/C13H19N3O6S/c1-16(2)11(17)8-13(14,12(18)15-19)23(20,21)10-6-4-9(22-3)5-7-10/h4-7,19H,8,14H2,1-3H3,(H,15,18). The maximum Gasteiger partial charge on any atom is 0.280 e. The molecule has 10 heteroatoms. The van der Waals surface area contributed by atoms with Crippen molar-refractivity contribution in [1.82, 2.24) is 10.4 Å². The number of nitrogens with two attached hydrogens (primary N) is 1. The van der Waals surface area contributed by atoms with Gasteiger partial charge in [-0.2, -0.15) is 0 Å². The van der Waals surface area contributed by atoms with Crippen LogP contribution in [0.15, 0.2) is 29.2 Å². The van der Waals surface area contributed by atoms with Gasteiger partial charge in [-0.15, -0.1) is 0 Å². The van der Waals surface area contributed by atoms with Crippen molar-refractivity contribution in [3.63, 3.8) is 0 Å². The molecule has 0 saturated carbocycles. The fourth-order valence-corrected chi connectivity index (χ4v) is 3.26. The van der Waals surface area contributed by atoms with E-state index in [0.29, 0.717) is 5.75 Å². The minimum Gasteiger partial charge on any atom is -0.497 e. The number of ether oxygens (including phenoxy) is 1. The minimum absolute atomic E-state index is 0.282. The Hall–Kier alpha value is -2.17. The Labute approximate surface area is 133 Å². The lowest BCUT2D eigenvalue weighted by Gasteiger charge is -2.27. The molecule has 128 valence electrons. The van der Waals surface area contributed by atoms with Gasteiger partial charge < -0.3 is 15.4 Å². The van der Waals surface area contributed by atoms with E-state index < -0.39 is 32.9 Å². The molecule has 4 N–H and O–H groups in total. The number of nitrogens with zero attached hydrogens (tertiary/aromatic N) is 1. The third kappa shape index (κ3) is 3.60. The molecule has 0 aliphatic heterocycles. The summed E-state index contributed by atoms with van der Waals surface area (Å²) in [6, 6.07) is 5.14. The molecule has 0 bridgehead atoms. The van der Waals surface area contributed by atoms with Gasteiger partial charge in [-0.05, 0) is 24.3 Å². The summed E-state index contributed by atoms with van der Waals surface area (Å²) >= 11 is 0. The van der Waals surface area contributed by atoms with Crippen molar-refractivity contribution < 1.29 is 28.0 Å². The Morgan fingerprint density at radius 2 is 1.83 bits per heavy atom. The fraction of sp³-hybridized carbons (Fsp3) is 0.385. The molecule has 1 unspecified atom stereocenters. The quantitative estimate of drug-likeness (QED) is 0.449. The highest BCUT2D eigenvalue weighted by molar-refractivity contribution is 7.93. The zero-order valence-corrected chi connectivity index (χ0v) is 13.8. The van der Waals surface area contributed by atoms with E-state index in [4.69, 9.17) is 15.7 Å². The van der Waals surface area contributed by atoms with Crippen LogP contribution in [0.4, 0.5) is 0 Å². The lowest BCUT2D eigenvalue weighted by Crippen LogP contribution is -2.60. The van der Waals surface area contributed by atoms with E-state index in [9.17, 15) is 18.0 Å². The van der Waals surface area contributed by atoms with Crippen LogP contribution in [0.25, 0.3) is 0 Å². The summed E-state index contributed by atoms with van der Waals surface area (Å²) in [5, 5.41) is 8.83. The lowest BCUT2D eigenvalue weighted by molar-refractivity contribution is -0.137. The maximum absolute atomic E-state index is 12.7. The molecule has 2 amide bonds. The van der Waals surface area contributed by atoms with Gasteiger partial charge in [0.05, 0.1) is 18.4 Å². The van der Waals surface area contributed by atoms with Gasteiger partial charge in [-0.1, -0.05) is 0 Å². The third-order valence-corrected chi connectivity index (χ3v) is 5.43. The van der Waals surface area contributed by atoms with Crippen molar-refractivity contribution in [2.45, 2.75) is 16.2 Å². The number of carbonyl (C=O) groups excluding carboxylic acids is 2. The molecule has 1 aromatic carbocycles. The molecule has 0 heterocycles. The molecule has 0 aromatic heterocycles. The Balaban J connectivity index is 3.38. The lowest BCUT2D eigenvalue weighted by atomic mass is 10.2. The highest BCUT2D eigenvalue weighted by Crippen LogP contribution is 2.27. The monoisotopic (exact) mass is 345 g/mol. The summed E-state index contributed by atoms with van der Waals surface area (Å²) in [6.07, 6.45) is -0.833. The molecule has 0 spiro atoms. The molecule has 1 atom stereocenters. The van der Waals surface area contributed by atoms with E-state index in [1.54, 1.807) is 0 Å². The minimum atomic E-state index is -4.46. The molecule has 0 fully saturated rings. The topological polar surface area (TPSA) is 139 Å². The van der Waals surface area contributed by atoms with Crippen LogP contribution in [0.1, 0.15) is 6.42 Å². The summed E-state index contributed by atoms with van der Waals surface area (Å²) in [7, 11) is -0.277. The van der Waals surface area contributed by atoms with Crippen LogP contribution in [0.5, 0.6) is 5.75 Å². The number of benzene rings is 1. The van der Waals surface area contributed by atoms with Crippen LogP contribution in [-0.2, 0) is 19.4 Å². The first-order chi connectivity index (χ1) is 10.6. The van der Waals surface area contributed by atoms with E-state index in [1.165, 1.54) is 51.0 Å². The normalized spacial score (nSPS) is 13.8. The van der Waals surface area contributed by atoms with Crippen LogP contribution in [0.3, 0.4) is 0 Å². The first kappa shape index (κ1) is 18.9. The molecule has 9 nitrogen and oxygen atoms in total. The van der Waals surface area contributed by atoms with Crippen LogP contribution in [-0.4, -0.2) is 56.4 Å². The van der Waals surface area contributed by atoms with E-state index in [-0.39, 0.29) is 4.90 Å². The summed E-state index contributed by atoms with van der Waals surface area (Å²) in [6.45, 7) is 0. The SMILES string of the molecule is COc1ccc(S(=O)(=O)C(N)(CC(=O)N(C)C)C(=O)NO)cc1. The highest BCUT2D eigenvalue weighted by atomic mass is 32.2. The highest BCUT2D eigenvalue weighted by Gasteiger charge is 2.50. The molecule has 1 aromatic rings. The van der Waals surface area contributed by atoms with Gasteiger partial charge in [0.25, 0.3) is 5.91 Å².